The zero-order chi connectivity index (χ0) is 22.5. The highest BCUT2D eigenvalue weighted by Crippen LogP contribution is 2.32. The Labute approximate surface area is 193 Å². The maximum absolute atomic E-state index is 10.9. The van der Waals surface area contributed by atoms with Crippen molar-refractivity contribution >= 4 is 17.3 Å². The molecule has 4 rings (SSSR count). The average Bonchev–Trinajstić information content (AvgIpc) is 3.29. The van der Waals surface area contributed by atoms with E-state index in [4.69, 9.17) is 21.1 Å². The summed E-state index contributed by atoms with van der Waals surface area (Å²) in [6.45, 7) is 1.89. The Morgan fingerprint density at radius 3 is 2.66 bits per heavy atom. The van der Waals surface area contributed by atoms with E-state index in [-0.39, 0.29) is 12.7 Å². The van der Waals surface area contributed by atoms with Crippen molar-refractivity contribution in [3.8, 4) is 5.88 Å². The molecule has 3 aromatic rings. The maximum atomic E-state index is 10.9. The molecule has 168 valence electrons. The number of hydrogen-bond donors (Lipinski definition) is 2. The molecule has 7 heteroatoms. The molecule has 1 fully saturated rings. The van der Waals surface area contributed by atoms with Crippen LogP contribution in [0, 0.1) is 0 Å². The number of halogens is 1. The molecule has 0 saturated carbocycles. The van der Waals surface area contributed by atoms with Gasteiger partial charge in [-0.05, 0) is 41.0 Å². The van der Waals surface area contributed by atoms with Gasteiger partial charge in [0.05, 0.1) is 19.8 Å². The van der Waals surface area contributed by atoms with Crippen LogP contribution in [-0.4, -0.2) is 41.5 Å². The highest BCUT2D eigenvalue weighted by Gasteiger charge is 2.27. The highest BCUT2D eigenvalue weighted by atomic mass is 35.5. The number of benzene rings is 2. The lowest BCUT2D eigenvalue weighted by molar-refractivity contribution is 0.184. The molecule has 1 saturated heterocycles. The molecule has 1 aromatic heterocycles. The number of anilines is 1. The van der Waals surface area contributed by atoms with Gasteiger partial charge in [-0.2, -0.15) is 0 Å². The van der Waals surface area contributed by atoms with Gasteiger partial charge in [-0.15, -0.1) is 0 Å². The minimum absolute atomic E-state index is 0.0372. The Kier molecular flexibility index (Phi) is 7.27. The lowest BCUT2D eigenvalue weighted by atomic mass is 9.98. The summed E-state index contributed by atoms with van der Waals surface area (Å²) in [4.78, 5) is 6.38. The Morgan fingerprint density at radius 2 is 1.94 bits per heavy atom. The van der Waals surface area contributed by atoms with Gasteiger partial charge in [-0.1, -0.05) is 41.9 Å². The molecular formula is C25H27ClN2O4. The molecule has 0 aliphatic carbocycles. The van der Waals surface area contributed by atoms with Gasteiger partial charge in [0.25, 0.3) is 0 Å². The second kappa shape index (κ2) is 10.3. The van der Waals surface area contributed by atoms with Crippen LogP contribution in [0.1, 0.15) is 34.8 Å². The van der Waals surface area contributed by atoms with Gasteiger partial charge in [0.2, 0.25) is 5.88 Å². The second-order valence-electron chi connectivity index (χ2n) is 7.89. The smallest absolute Gasteiger partial charge is 0.232 e. The number of aromatic nitrogens is 1. The van der Waals surface area contributed by atoms with Crippen LogP contribution in [0.3, 0.4) is 0 Å². The van der Waals surface area contributed by atoms with Crippen molar-refractivity contribution in [3.63, 3.8) is 0 Å². The topological polar surface area (TPSA) is 75.1 Å². The first-order chi connectivity index (χ1) is 15.6. The molecule has 1 aliphatic heterocycles. The largest absolute Gasteiger partial charge is 0.471 e. The third-order valence-corrected chi connectivity index (χ3v) is 5.97. The van der Waals surface area contributed by atoms with Crippen LogP contribution in [0.4, 0.5) is 5.69 Å². The standard InChI is InChI=1S/C25H27ClN2O4/c1-31-16-17-4-6-18(7-5-17)24(30)19-8-9-23(20(13-19)15-29)28-12-10-21(14-28)32-25-22(26)3-2-11-27-25/h2-9,11,13,21,24,29-30H,10,12,14-16H2,1H3/t21-,24?/m0/s1. The molecule has 0 spiro atoms. The minimum Gasteiger partial charge on any atom is -0.471 e. The molecular weight excluding hydrogens is 428 g/mol. The van der Waals surface area contributed by atoms with Gasteiger partial charge in [-0.3, -0.25) is 0 Å². The predicted molar refractivity (Wildman–Crippen MR) is 124 cm³/mol. The number of pyridine rings is 1. The monoisotopic (exact) mass is 454 g/mol. The summed E-state index contributed by atoms with van der Waals surface area (Å²) in [5.41, 5.74) is 4.30. The van der Waals surface area contributed by atoms with E-state index in [2.05, 4.69) is 9.88 Å². The van der Waals surface area contributed by atoms with E-state index in [1.54, 1.807) is 25.4 Å². The van der Waals surface area contributed by atoms with Crippen molar-refractivity contribution in [3.05, 3.63) is 88.1 Å². The number of ether oxygens (including phenoxy) is 2. The van der Waals surface area contributed by atoms with Crippen molar-refractivity contribution in [1.82, 2.24) is 4.98 Å². The van der Waals surface area contributed by atoms with Crippen LogP contribution in [0.15, 0.2) is 60.8 Å². The number of hydrogen-bond acceptors (Lipinski definition) is 6. The van der Waals surface area contributed by atoms with Gasteiger partial charge in [0, 0.05) is 37.5 Å². The zero-order valence-electron chi connectivity index (χ0n) is 17.9. The van der Waals surface area contributed by atoms with Crippen LogP contribution < -0.4 is 9.64 Å². The summed E-state index contributed by atoms with van der Waals surface area (Å²) >= 11 is 6.16. The number of methoxy groups -OCH3 is 1. The number of nitrogens with zero attached hydrogens (tertiary/aromatic N) is 2. The van der Waals surface area contributed by atoms with E-state index in [0.29, 0.717) is 24.1 Å². The predicted octanol–water partition coefficient (Wildman–Crippen LogP) is 4.11. The van der Waals surface area contributed by atoms with Crippen LogP contribution in [-0.2, 0) is 18.0 Å². The summed E-state index contributed by atoms with van der Waals surface area (Å²) < 4.78 is 11.1. The van der Waals surface area contributed by atoms with Gasteiger partial charge in [0.1, 0.15) is 17.2 Å². The fourth-order valence-corrected chi connectivity index (χ4v) is 4.19. The fraction of sp³-hybridized carbons (Fsp3) is 0.320. The van der Waals surface area contributed by atoms with Crippen molar-refractivity contribution in [2.75, 3.05) is 25.1 Å². The molecule has 2 aromatic carbocycles. The molecule has 0 radical (unpaired) electrons. The minimum atomic E-state index is -0.771. The van der Waals surface area contributed by atoms with Gasteiger partial charge < -0.3 is 24.6 Å². The first-order valence-electron chi connectivity index (χ1n) is 10.6. The summed E-state index contributed by atoms with van der Waals surface area (Å²) in [6.07, 6.45) is 1.68. The molecule has 0 bridgehead atoms. The van der Waals surface area contributed by atoms with E-state index in [1.165, 1.54) is 0 Å². The van der Waals surface area contributed by atoms with Gasteiger partial charge in [-0.25, -0.2) is 4.98 Å². The van der Waals surface area contributed by atoms with E-state index in [0.717, 1.165) is 40.9 Å². The van der Waals surface area contributed by atoms with Crippen LogP contribution in [0.5, 0.6) is 5.88 Å². The molecule has 1 unspecified atom stereocenters. The maximum Gasteiger partial charge on any atom is 0.232 e. The quantitative estimate of drug-likeness (QED) is 0.533. The van der Waals surface area contributed by atoms with Crippen molar-refractivity contribution < 1.29 is 19.7 Å². The molecule has 2 N–H and O–H groups in total. The number of rotatable bonds is 8. The number of aliphatic hydroxyl groups excluding tert-OH is 2. The molecule has 32 heavy (non-hydrogen) atoms. The van der Waals surface area contributed by atoms with E-state index in [9.17, 15) is 10.2 Å². The van der Waals surface area contributed by atoms with Crippen molar-refractivity contribution in [2.24, 2.45) is 0 Å². The first kappa shape index (κ1) is 22.6. The summed E-state index contributed by atoms with van der Waals surface area (Å²) in [6, 6.07) is 17.0. The Balaban J connectivity index is 1.47. The van der Waals surface area contributed by atoms with E-state index in [1.807, 2.05) is 42.5 Å². The fourth-order valence-electron chi connectivity index (χ4n) is 4.02. The Bertz CT molecular complexity index is 1040. The zero-order valence-corrected chi connectivity index (χ0v) is 18.7. The first-order valence-corrected chi connectivity index (χ1v) is 11.0. The lowest BCUT2D eigenvalue weighted by Crippen LogP contribution is -2.25. The summed E-state index contributed by atoms with van der Waals surface area (Å²) in [7, 11) is 1.66. The average molecular weight is 455 g/mol. The summed E-state index contributed by atoms with van der Waals surface area (Å²) in [5, 5.41) is 21.4. The summed E-state index contributed by atoms with van der Waals surface area (Å²) in [5.74, 6) is 0.443. The van der Waals surface area contributed by atoms with Crippen molar-refractivity contribution in [2.45, 2.75) is 31.8 Å². The molecule has 6 nitrogen and oxygen atoms in total. The Hall–Kier alpha value is -2.64. The van der Waals surface area contributed by atoms with Crippen molar-refractivity contribution in [1.29, 1.82) is 0 Å². The van der Waals surface area contributed by atoms with E-state index < -0.39 is 6.10 Å². The lowest BCUT2D eigenvalue weighted by Gasteiger charge is -2.23. The highest BCUT2D eigenvalue weighted by molar-refractivity contribution is 6.31. The van der Waals surface area contributed by atoms with Crippen LogP contribution >= 0.6 is 11.6 Å². The molecule has 0 amide bonds. The second-order valence-corrected chi connectivity index (χ2v) is 8.30. The van der Waals surface area contributed by atoms with E-state index >= 15 is 0 Å². The SMILES string of the molecule is COCc1ccc(C(O)c2ccc(N3CC[C@H](Oc4ncccc4Cl)C3)c(CO)c2)cc1. The third kappa shape index (κ3) is 5.05. The molecule has 1 aliphatic rings. The normalized spacial score (nSPS) is 16.9. The molecule has 2 atom stereocenters. The number of aliphatic hydroxyl groups is 2. The Morgan fingerprint density at radius 1 is 1.16 bits per heavy atom. The van der Waals surface area contributed by atoms with Gasteiger partial charge in [0.15, 0.2) is 0 Å². The van der Waals surface area contributed by atoms with Gasteiger partial charge >= 0.3 is 0 Å². The van der Waals surface area contributed by atoms with Crippen LogP contribution in [0.25, 0.3) is 0 Å². The van der Waals surface area contributed by atoms with Crippen LogP contribution in [0.2, 0.25) is 5.02 Å². The third-order valence-electron chi connectivity index (χ3n) is 5.68. The molecule has 2 heterocycles.